The maximum atomic E-state index is 12.4. The smallest absolute Gasteiger partial charge is 0.226 e. The van der Waals surface area contributed by atoms with Gasteiger partial charge in [0.1, 0.15) is 0 Å². The van der Waals surface area contributed by atoms with Crippen LogP contribution >= 0.6 is 0 Å². The van der Waals surface area contributed by atoms with Crippen LogP contribution in [-0.2, 0) is 4.79 Å². The topological polar surface area (TPSA) is 46.3 Å². The van der Waals surface area contributed by atoms with Gasteiger partial charge in [-0.15, -0.1) is 0 Å². The lowest BCUT2D eigenvalue weighted by atomic mass is 10.1. The quantitative estimate of drug-likeness (QED) is 0.857. The Bertz CT molecular complexity index is 427. The highest BCUT2D eigenvalue weighted by molar-refractivity contribution is 5.83. The summed E-state index contributed by atoms with van der Waals surface area (Å²) in [6, 6.07) is 10.9. The molecule has 1 aromatic rings. The van der Waals surface area contributed by atoms with E-state index in [9.17, 15) is 4.79 Å². The predicted molar refractivity (Wildman–Crippen MR) is 71.1 cm³/mol. The van der Waals surface area contributed by atoms with Crippen LogP contribution in [0.2, 0.25) is 0 Å². The largest absolute Gasteiger partial charge is 0.338 e. The van der Waals surface area contributed by atoms with E-state index in [-0.39, 0.29) is 5.92 Å². The summed E-state index contributed by atoms with van der Waals surface area (Å²) in [5.74, 6) is 0.981. The molecule has 96 valence electrons. The molecule has 0 aromatic heterocycles. The van der Waals surface area contributed by atoms with Gasteiger partial charge in [-0.05, 0) is 30.7 Å². The zero-order valence-corrected chi connectivity index (χ0v) is 10.6. The van der Waals surface area contributed by atoms with Crippen molar-refractivity contribution in [2.75, 3.05) is 13.1 Å². The van der Waals surface area contributed by atoms with Gasteiger partial charge in [0.25, 0.3) is 0 Å². The van der Waals surface area contributed by atoms with E-state index in [2.05, 4.69) is 12.1 Å². The second kappa shape index (κ2) is 4.73. The summed E-state index contributed by atoms with van der Waals surface area (Å²) in [6.07, 6.45) is 3.33. The lowest BCUT2D eigenvalue weighted by Crippen LogP contribution is -2.38. The molecule has 2 fully saturated rings. The second-order valence-corrected chi connectivity index (χ2v) is 5.41. The Balaban J connectivity index is 1.64. The van der Waals surface area contributed by atoms with Crippen LogP contribution in [0.1, 0.15) is 30.7 Å². The van der Waals surface area contributed by atoms with Crippen LogP contribution in [0, 0.1) is 5.92 Å². The fraction of sp³-hybridized carbons (Fsp3) is 0.533. The minimum absolute atomic E-state index is 0.208. The Morgan fingerprint density at radius 2 is 2.00 bits per heavy atom. The van der Waals surface area contributed by atoms with Crippen molar-refractivity contribution in [3.63, 3.8) is 0 Å². The van der Waals surface area contributed by atoms with Crippen LogP contribution < -0.4 is 5.73 Å². The molecule has 3 nitrogen and oxygen atoms in total. The predicted octanol–water partition coefficient (Wildman–Crippen LogP) is 1.74. The number of benzene rings is 1. The molecule has 0 spiro atoms. The fourth-order valence-electron chi connectivity index (χ4n) is 2.75. The molecule has 0 radical (unpaired) electrons. The van der Waals surface area contributed by atoms with E-state index in [1.54, 1.807) is 0 Å². The summed E-state index contributed by atoms with van der Waals surface area (Å²) in [7, 11) is 0. The van der Waals surface area contributed by atoms with E-state index >= 15 is 0 Å². The average Bonchev–Trinajstić information content (AvgIpc) is 3.29. The highest BCUT2D eigenvalue weighted by Crippen LogP contribution is 2.49. The Morgan fingerprint density at radius 1 is 1.28 bits per heavy atom. The number of hydrogen-bond acceptors (Lipinski definition) is 2. The molecule has 3 rings (SSSR count). The molecule has 0 aliphatic heterocycles. The fourth-order valence-corrected chi connectivity index (χ4v) is 2.75. The van der Waals surface area contributed by atoms with Gasteiger partial charge in [0.05, 0.1) is 0 Å². The summed E-state index contributed by atoms with van der Waals surface area (Å²) in [5, 5.41) is 0. The molecular weight excluding hydrogens is 224 g/mol. The summed E-state index contributed by atoms with van der Waals surface area (Å²) in [6.45, 7) is 1.30. The Kier molecular flexibility index (Phi) is 3.08. The Morgan fingerprint density at radius 3 is 2.61 bits per heavy atom. The van der Waals surface area contributed by atoms with E-state index in [4.69, 9.17) is 5.73 Å². The van der Waals surface area contributed by atoms with Crippen LogP contribution in [0.5, 0.6) is 0 Å². The standard InChI is InChI=1S/C15H20N2O/c16-8-9-17(12-6-7-12)15(18)14-10-13(14)11-4-2-1-3-5-11/h1-5,12-14H,6-10,16H2. The Labute approximate surface area is 108 Å². The number of nitrogens with zero attached hydrogens (tertiary/aromatic N) is 1. The third-order valence-electron chi connectivity index (χ3n) is 3.98. The monoisotopic (exact) mass is 244 g/mol. The normalized spacial score (nSPS) is 25.8. The Hall–Kier alpha value is -1.35. The molecule has 2 atom stereocenters. The van der Waals surface area contributed by atoms with Crippen molar-refractivity contribution >= 4 is 5.91 Å². The zero-order valence-electron chi connectivity index (χ0n) is 10.6. The van der Waals surface area contributed by atoms with Crippen molar-refractivity contribution in [2.45, 2.75) is 31.2 Å². The molecule has 0 heterocycles. The first-order valence-electron chi connectivity index (χ1n) is 6.86. The van der Waals surface area contributed by atoms with Gasteiger partial charge in [-0.1, -0.05) is 30.3 Å². The van der Waals surface area contributed by atoms with E-state index in [0.717, 1.165) is 25.8 Å². The summed E-state index contributed by atoms with van der Waals surface area (Å²) in [4.78, 5) is 14.5. The maximum Gasteiger partial charge on any atom is 0.226 e. The van der Waals surface area contributed by atoms with Gasteiger partial charge in [0, 0.05) is 25.0 Å². The van der Waals surface area contributed by atoms with Crippen LogP contribution in [0.4, 0.5) is 0 Å². The third kappa shape index (κ3) is 2.27. The molecule has 2 aliphatic rings. The van der Waals surface area contributed by atoms with Gasteiger partial charge in [-0.3, -0.25) is 4.79 Å². The van der Waals surface area contributed by atoms with Crippen molar-refractivity contribution in [3.05, 3.63) is 35.9 Å². The highest BCUT2D eigenvalue weighted by Gasteiger charge is 2.47. The van der Waals surface area contributed by atoms with Crippen LogP contribution in [0.3, 0.4) is 0 Å². The molecule has 2 aliphatic carbocycles. The summed E-state index contributed by atoms with van der Waals surface area (Å²) < 4.78 is 0. The highest BCUT2D eigenvalue weighted by atomic mass is 16.2. The molecule has 18 heavy (non-hydrogen) atoms. The van der Waals surface area contributed by atoms with Crippen molar-refractivity contribution in [2.24, 2.45) is 11.7 Å². The first kappa shape index (κ1) is 11.7. The van der Waals surface area contributed by atoms with Crippen molar-refractivity contribution in [1.29, 1.82) is 0 Å². The lowest BCUT2D eigenvalue weighted by Gasteiger charge is -2.21. The van der Waals surface area contributed by atoms with Gasteiger partial charge in [-0.25, -0.2) is 0 Å². The molecule has 2 unspecified atom stereocenters. The van der Waals surface area contributed by atoms with E-state index in [1.165, 1.54) is 5.56 Å². The first-order valence-corrected chi connectivity index (χ1v) is 6.86. The van der Waals surface area contributed by atoms with E-state index in [1.807, 2.05) is 23.1 Å². The molecule has 0 bridgehead atoms. The van der Waals surface area contributed by atoms with Crippen LogP contribution in [0.15, 0.2) is 30.3 Å². The van der Waals surface area contributed by atoms with Crippen LogP contribution in [-0.4, -0.2) is 29.9 Å². The lowest BCUT2D eigenvalue weighted by molar-refractivity contribution is -0.133. The first-order chi connectivity index (χ1) is 8.81. The molecule has 2 saturated carbocycles. The van der Waals surface area contributed by atoms with Gasteiger partial charge in [-0.2, -0.15) is 0 Å². The molecule has 0 saturated heterocycles. The number of carbonyl (C=O) groups excluding carboxylic acids is 1. The zero-order chi connectivity index (χ0) is 12.5. The number of amides is 1. The molecule has 1 amide bonds. The number of carbonyl (C=O) groups is 1. The van der Waals surface area contributed by atoms with Crippen molar-refractivity contribution in [3.8, 4) is 0 Å². The minimum Gasteiger partial charge on any atom is -0.338 e. The van der Waals surface area contributed by atoms with Gasteiger partial charge in [0.15, 0.2) is 0 Å². The molecule has 1 aromatic carbocycles. The number of nitrogens with two attached hydrogens (primary N) is 1. The molecule has 3 heteroatoms. The van der Waals surface area contributed by atoms with E-state index in [0.29, 0.717) is 24.4 Å². The second-order valence-electron chi connectivity index (χ2n) is 5.41. The molecule has 2 N–H and O–H groups in total. The third-order valence-corrected chi connectivity index (χ3v) is 3.98. The minimum atomic E-state index is 0.208. The van der Waals surface area contributed by atoms with Gasteiger partial charge in [0.2, 0.25) is 5.91 Å². The number of rotatable bonds is 5. The summed E-state index contributed by atoms with van der Waals surface area (Å²) >= 11 is 0. The summed E-state index contributed by atoms with van der Waals surface area (Å²) in [5.41, 5.74) is 6.91. The average molecular weight is 244 g/mol. The van der Waals surface area contributed by atoms with Gasteiger partial charge >= 0.3 is 0 Å². The molecular formula is C15H20N2O. The SMILES string of the molecule is NCCN(C(=O)C1CC1c1ccccc1)C1CC1. The van der Waals surface area contributed by atoms with E-state index < -0.39 is 0 Å². The maximum absolute atomic E-state index is 12.4. The van der Waals surface area contributed by atoms with Gasteiger partial charge < -0.3 is 10.6 Å². The van der Waals surface area contributed by atoms with Crippen molar-refractivity contribution in [1.82, 2.24) is 4.90 Å². The van der Waals surface area contributed by atoms with Crippen LogP contribution in [0.25, 0.3) is 0 Å². The number of hydrogen-bond donors (Lipinski definition) is 1. The van der Waals surface area contributed by atoms with Crippen molar-refractivity contribution < 1.29 is 4.79 Å².